The Labute approximate surface area is 146 Å². The van der Waals surface area contributed by atoms with Gasteiger partial charge in [-0.1, -0.05) is 11.6 Å². The van der Waals surface area contributed by atoms with E-state index < -0.39 is 0 Å². The van der Waals surface area contributed by atoms with Gasteiger partial charge in [-0.15, -0.1) is 0 Å². The van der Waals surface area contributed by atoms with Crippen LogP contribution in [0.3, 0.4) is 0 Å². The van der Waals surface area contributed by atoms with E-state index in [2.05, 4.69) is 40.6 Å². The lowest BCUT2D eigenvalue weighted by Crippen LogP contribution is -2.31. The summed E-state index contributed by atoms with van der Waals surface area (Å²) in [6.07, 6.45) is 7.29. The fourth-order valence-electron chi connectivity index (χ4n) is 3.71. The molecule has 0 saturated carbocycles. The number of hydrogen-bond acceptors (Lipinski definition) is 3. The molecule has 6 nitrogen and oxygen atoms in total. The van der Waals surface area contributed by atoms with Crippen molar-refractivity contribution in [2.24, 2.45) is 7.05 Å². The molecule has 1 aliphatic carbocycles. The molecular weight excluding hydrogens is 314 g/mol. The highest BCUT2D eigenvalue weighted by molar-refractivity contribution is 5.80. The zero-order valence-electron chi connectivity index (χ0n) is 14.7. The van der Waals surface area contributed by atoms with Crippen molar-refractivity contribution in [3.8, 4) is 0 Å². The second kappa shape index (κ2) is 6.35. The molecule has 2 heterocycles. The molecule has 1 aromatic carbocycles. The monoisotopic (exact) mass is 337 g/mol. The summed E-state index contributed by atoms with van der Waals surface area (Å²) in [5.74, 6) is 0.0671. The van der Waals surface area contributed by atoms with E-state index >= 15 is 0 Å². The first-order chi connectivity index (χ1) is 12.1. The summed E-state index contributed by atoms with van der Waals surface area (Å²) in [6, 6.07) is 6.35. The van der Waals surface area contributed by atoms with Crippen molar-refractivity contribution in [3.63, 3.8) is 0 Å². The van der Waals surface area contributed by atoms with Crippen LogP contribution in [0.4, 0.5) is 0 Å². The van der Waals surface area contributed by atoms with Crippen molar-refractivity contribution in [2.45, 2.75) is 45.2 Å². The van der Waals surface area contributed by atoms with Crippen LogP contribution >= 0.6 is 0 Å². The Bertz CT molecular complexity index is 923. The summed E-state index contributed by atoms with van der Waals surface area (Å²) in [6.45, 7) is 2.66. The topological polar surface area (TPSA) is 64.7 Å². The van der Waals surface area contributed by atoms with E-state index in [-0.39, 0.29) is 11.9 Å². The van der Waals surface area contributed by atoms with Crippen molar-refractivity contribution in [1.82, 2.24) is 24.9 Å². The van der Waals surface area contributed by atoms with Crippen molar-refractivity contribution in [1.29, 1.82) is 0 Å². The van der Waals surface area contributed by atoms with Crippen LogP contribution in [0.15, 0.2) is 30.6 Å². The number of rotatable bonds is 4. The molecule has 0 radical (unpaired) electrons. The molecule has 1 unspecified atom stereocenters. The van der Waals surface area contributed by atoms with Crippen LogP contribution in [0, 0.1) is 6.92 Å². The number of nitrogens with one attached hydrogen (secondary N) is 1. The van der Waals surface area contributed by atoms with Crippen molar-refractivity contribution < 1.29 is 4.79 Å². The molecule has 3 aromatic rings. The van der Waals surface area contributed by atoms with Crippen LogP contribution in [-0.2, 0) is 24.8 Å². The van der Waals surface area contributed by atoms with Gasteiger partial charge in [0.2, 0.25) is 5.91 Å². The largest absolute Gasteiger partial charge is 0.349 e. The number of nitrogens with zero attached hydrogens (tertiary/aromatic N) is 4. The number of aromatic nitrogens is 4. The Morgan fingerprint density at radius 3 is 3.08 bits per heavy atom. The second-order valence-electron chi connectivity index (χ2n) is 6.86. The minimum absolute atomic E-state index is 0.0671. The number of hydrogen-bond donors (Lipinski definition) is 1. The van der Waals surface area contributed by atoms with Gasteiger partial charge < -0.3 is 5.32 Å². The quantitative estimate of drug-likeness (QED) is 0.796. The Balaban J connectivity index is 1.41. The van der Waals surface area contributed by atoms with E-state index in [0.29, 0.717) is 13.0 Å². The third-order valence-electron chi connectivity index (χ3n) is 5.06. The zero-order valence-corrected chi connectivity index (χ0v) is 14.7. The third kappa shape index (κ3) is 3.04. The number of fused-ring (bicyclic) bond motifs is 2. The van der Waals surface area contributed by atoms with Gasteiger partial charge in [0, 0.05) is 30.1 Å². The summed E-state index contributed by atoms with van der Waals surface area (Å²) in [5.41, 5.74) is 4.70. The van der Waals surface area contributed by atoms with Gasteiger partial charge in [0.25, 0.3) is 0 Å². The minimum atomic E-state index is 0.0671. The maximum Gasteiger partial charge on any atom is 0.222 e. The summed E-state index contributed by atoms with van der Waals surface area (Å²) >= 11 is 0. The Kier molecular flexibility index (Phi) is 4.03. The first-order valence-electron chi connectivity index (χ1n) is 8.84. The first kappa shape index (κ1) is 15.9. The lowest BCUT2D eigenvalue weighted by molar-refractivity contribution is -0.122. The van der Waals surface area contributed by atoms with Gasteiger partial charge >= 0.3 is 0 Å². The number of amides is 1. The van der Waals surface area contributed by atoms with Crippen LogP contribution in [-0.4, -0.2) is 25.5 Å². The molecule has 1 amide bonds. The number of carbonyl (C=O) groups excluding carboxylic acids is 1. The van der Waals surface area contributed by atoms with Crippen molar-refractivity contribution in [3.05, 3.63) is 47.4 Å². The lowest BCUT2D eigenvalue weighted by Gasteiger charge is -2.23. The molecule has 25 heavy (non-hydrogen) atoms. The number of benzene rings is 1. The highest BCUT2D eigenvalue weighted by atomic mass is 16.1. The lowest BCUT2D eigenvalue weighted by atomic mass is 9.93. The smallest absolute Gasteiger partial charge is 0.222 e. The van der Waals surface area contributed by atoms with Crippen LogP contribution in [0.2, 0.25) is 0 Å². The van der Waals surface area contributed by atoms with Gasteiger partial charge in [0.1, 0.15) is 0 Å². The predicted octanol–water partition coefficient (Wildman–Crippen LogP) is 2.66. The molecule has 130 valence electrons. The Morgan fingerprint density at radius 1 is 1.32 bits per heavy atom. The third-order valence-corrected chi connectivity index (χ3v) is 5.06. The van der Waals surface area contributed by atoms with Gasteiger partial charge in [-0.3, -0.25) is 14.2 Å². The molecule has 1 aliphatic rings. The van der Waals surface area contributed by atoms with Gasteiger partial charge in [0.15, 0.2) is 0 Å². The highest BCUT2D eigenvalue weighted by Crippen LogP contribution is 2.29. The fourth-order valence-corrected chi connectivity index (χ4v) is 3.71. The molecule has 0 saturated heterocycles. The maximum absolute atomic E-state index is 12.4. The van der Waals surface area contributed by atoms with Crippen molar-refractivity contribution in [2.75, 3.05) is 0 Å². The Morgan fingerprint density at radius 2 is 2.20 bits per heavy atom. The second-order valence-corrected chi connectivity index (χ2v) is 6.86. The normalized spacial score (nSPS) is 16.8. The summed E-state index contributed by atoms with van der Waals surface area (Å²) in [5, 5.41) is 13.0. The maximum atomic E-state index is 12.4. The fraction of sp³-hybridized carbons (Fsp3) is 0.421. The van der Waals surface area contributed by atoms with Crippen LogP contribution in [0.25, 0.3) is 10.9 Å². The standard InChI is InChI=1S/C19H23N5O/c1-13-6-7-17-14(10-13)11-21-24(17)9-8-19(25)22-16-4-3-5-18-15(16)12-20-23(18)2/h6-7,10-12,16H,3-5,8-9H2,1-2H3,(H,22,25). The average molecular weight is 337 g/mol. The van der Waals surface area contributed by atoms with Crippen molar-refractivity contribution >= 4 is 16.8 Å². The van der Waals surface area contributed by atoms with Crippen LogP contribution in [0.1, 0.15) is 42.1 Å². The van der Waals surface area contributed by atoms with E-state index in [1.54, 1.807) is 0 Å². The summed E-state index contributed by atoms with van der Waals surface area (Å²) in [7, 11) is 1.97. The SMILES string of the molecule is Cc1ccc2c(cnn2CCC(=O)NC2CCCc3c2cnn3C)c1. The van der Waals surface area contributed by atoms with Crippen LogP contribution in [0.5, 0.6) is 0 Å². The molecular formula is C19H23N5O. The van der Waals surface area contributed by atoms with E-state index in [9.17, 15) is 4.79 Å². The first-order valence-corrected chi connectivity index (χ1v) is 8.84. The minimum Gasteiger partial charge on any atom is -0.349 e. The van der Waals surface area contributed by atoms with E-state index in [0.717, 1.165) is 30.2 Å². The molecule has 2 aromatic heterocycles. The van der Waals surface area contributed by atoms with E-state index in [4.69, 9.17) is 0 Å². The zero-order chi connectivity index (χ0) is 17.4. The molecule has 0 aliphatic heterocycles. The highest BCUT2D eigenvalue weighted by Gasteiger charge is 2.24. The Hall–Kier alpha value is -2.63. The molecule has 6 heteroatoms. The number of carbonyl (C=O) groups is 1. The molecule has 4 rings (SSSR count). The number of aryl methyl sites for hydroxylation is 3. The molecule has 0 bridgehead atoms. The summed E-state index contributed by atoms with van der Waals surface area (Å²) in [4.78, 5) is 12.4. The summed E-state index contributed by atoms with van der Waals surface area (Å²) < 4.78 is 3.83. The van der Waals surface area contributed by atoms with E-state index in [1.165, 1.54) is 16.8 Å². The van der Waals surface area contributed by atoms with Gasteiger partial charge in [-0.25, -0.2) is 0 Å². The molecule has 0 spiro atoms. The van der Waals surface area contributed by atoms with Gasteiger partial charge in [-0.2, -0.15) is 10.2 Å². The molecule has 1 N–H and O–H groups in total. The van der Waals surface area contributed by atoms with Gasteiger partial charge in [-0.05, 0) is 38.3 Å². The molecule has 0 fully saturated rings. The van der Waals surface area contributed by atoms with Gasteiger partial charge in [0.05, 0.1) is 30.5 Å². The molecule has 1 atom stereocenters. The average Bonchev–Trinajstić information content (AvgIpc) is 3.17. The van der Waals surface area contributed by atoms with Crippen LogP contribution < -0.4 is 5.32 Å². The van der Waals surface area contributed by atoms with E-state index in [1.807, 2.05) is 28.8 Å². The predicted molar refractivity (Wildman–Crippen MR) is 96.1 cm³/mol.